The highest BCUT2D eigenvalue weighted by atomic mass is 19.3. The molecule has 94 valence electrons. The van der Waals surface area contributed by atoms with Gasteiger partial charge < -0.3 is 10.4 Å². The molecule has 0 spiro atoms. The van der Waals surface area contributed by atoms with E-state index in [2.05, 4.69) is 0 Å². The van der Waals surface area contributed by atoms with Crippen molar-refractivity contribution in [3.63, 3.8) is 0 Å². The van der Waals surface area contributed by atoms with Crippen LogP contribution in [0.5, 0.6) is 0 Å². The average Bonchev–Trinajstić information content (AvgIpc) is 2.23. The number of rotatable bonds is 4. The minimum absolute atomic E-state index is 0.344. The zero-order valence-corrected chi connectivity index (χ0v) is 8.46. The molecule has 1 rings (SSSR count). The summed E-state index contributed by atoms with van der Waals surface area (Å²) < 4.78 is 49.2. The molecule has 7 heteroatoms. The topological polar surface area (TPSA) is 49.3 Å². The lowest BCUT2D eigenvalue weighted by Gasteiger charge is -2.10. The second-order valence-corrected chi connectivity index (χ2v) is 3.27. The second-order valence-electron chi connectivity index (χ2n) is 3.27. The van der Waals surface area contributed by atoms with E-state index in [1.165, 1.54) is 0 Å². The fourth-order valence-corrected chi connectivity index (χ4v) is 1.07. The standard InChI is InChI=1S/C10H9F4NO2/c11-6-1-5(2-7(12)3-6)10(17)15-4-8(16)9(13)14/h1-3,8-9,16H,4H2,(H,15,17). The van der Waals surface area contributed by atoms with Crippen LogP contribution in [0.4, 0.5) is 17.6 Å². The van der Waals surface area contributed by atoms with Crippen LogP contribution in [0, 0.1) is 11.6 Å². The van der Waals surface area contributed by atoms with Crippen LogP contribution in [0.2, 0.25) is 0 Å². The summed E-state index contributed by atoms with van der Waals surface area (Å²) in [6, 6.07) is 2.09. The third kappa shape index (κ3) is 4.03. The van der Waals surface area contributed by atoms with Crippen molar-refractivity contribution < 1.29 is 27.5 Å². The predicted molar refractivity (Wildman–Crippen MR) is 50.7 cm³/mol. The number of aliphatic hydroxyl groups excluding tert-OH is 1. The Kier molecular flexibility index (Phi) is 4.45. The number of nitrogens with one attached hydrogen (secondary N) is 1. The largest absolute Gasteiger partial charge is 0.385 e. The maximum Gasteiger partial charge on any atom is 0.265 e. The highest BCUT2D eigenvalue weighted by Crippen LogP contribution is 2.08. The lowest BCUT2D eigenvalue weighted by Crippen LogP contribution is -2.35. The normalized spacial score (nSPS) is 12.6. The lowest BCUT2D eigenvalue weighted by molar-refractivity contribution is -0.00270. The fraction of sp³-hybridized carbons (Fsp3) is 0.300. The Balaban J connectivity index is 2.64. The third-order valence-corrected chi connectivity index (χ3v) is 1.89. The summed E-state index contributed by atoms with van der Waals surface area (Å²) in [5.74, 6) is -2.85. The molecule has 0 aliphatic heterocycles. The van der Waals surface area contributed by atoms with E-state index in [9.17, 15) is 22.4 Å². The molecule has 0 saturated carbocycles. The molecule has 1 unspecified atom stereocenters. The van der Waals surface area contributed by atoms with E-state index in [0.717, 1.165) is 12.1 Å². The van der Waals surface area contributed by atoms with Gasteiger partial charge in [0.15, 0.2) is 0 Å². The summed E-state index contributed by atoms with van der Waals surface area (Å²) in [5.41, 5.74) is -0.344. The molecular weight excluding hydrogens is 242 g/mol. The van der Waals surface area contributed by atoms with Crippen LogP contribution < -0.4 is 5.32 Å². The summed E-state index contributed by atoms with van der Waals surface area (Å²) in [4.78, 5) is 11.3. The molecule has 0 fully saturated rings. The van der Waals surface area contributed by atoms with Gasteiger partial charge in [-0.3, -0.25) is 4.79 Å². The number of benzene rings is 1. The first kappa shape index (κ1) is 13.4. The monoisotopic (exact) mass is 251 g/mol. The molecular formula is C10H9F4NO2. The Morgan fingerprint density at radius 2 is 1.76 bits per heavy atom. The van der Waals surface area contributed by atoms with Gasteiger partial charge >= 0.3 is 0 Å². The van der Waals surface area contributed by atoms with Gasteiger partial charge in [0.05, 0.1) is 0 Å². The lowest BCUT2D eigenvalue weighted by atomic mass is 10.2. The van der Waals surface area contributed by atoms with Gasteiger partial charge in [0.1, 0.15) is 17.7 Å². The van der Waals surface area contributed by atoms with Crippen LogP contribution in [-0.2, 0) is 0 Å². The SMILES string of the molecule is O=C(NCC(O)C(F)F)c1cc(F)cc(F)c1. The average molecular weight is 251 g/mol. The van der Waals surface area contributed by atoms with Gasteiger partial charge in [-0.2, -0.15) is 0 Å². The van der Waals surface area contributed by atoms with Gasteiger partial charge in [-0.15, -0.1) is 0 Å². The van der Waals surface area contributed by atoms with Gasteiger partial charge in [0, 0.05) is 18.2 Å². The number of carbonyl (C=O) groups excluding carboxylic acids is 1. The summed E-state index contributed by atoms with van der Waals surface area (Å²) in [5, 5.41) is 10.7. The molecule has 2 N–H and O–H groups in total. The Morgan fingerprint density at radius 3 is 2.24 bits per heavy atom. The zero-order valence-electron chi connectivity index (χ0n) is 8.46. The quantitative estimate of drug-likeness (QED) is 0.793. The number of aliphatic hydroxyl groups is 1. The summed E-state index contributed by atoms with van der Waals surface area (Å²) in [6.45, 7) is -0.700. The van der Waals surface area contributed by atoms with Crippen molar-refractivity contribution in [3.05, 3.63) is 35.4 Å². The van der Waals surface area contributed by atoms with Crippen molar-refractivity contribution in [1.29, 1.82) is 0 Å². The van der Waals surface area contributed by atoms with E-state index < -0.39 is 36.6 Å². The molecule has 0 bridgehead atoms. The molecule has 0 saturated heterocycles. The first-order valence-electron chi connectivity index (χ1n) is 4.60. The van der Waals surface area contributed by atoms with Crippen LogP contribution >= 0.6 is 0 Å². The summed E-state index contributed by atoms with van der Waals surface area (Å²) >= 11 is 0. The first-order chi connectivity index (χ1) is 7.90. The Morgan fingerprint density at radius 1 is 1.24 bits per heavy atom. The van der Waals surface area contributed by atoms with E-state index in [4.69, 9.17) is 5.11 Å². The Hall–Kier alpha value is -1.63. The fourth-order valence-electron chi connectivity index (χ4n) is 1.07. The van der Waals surface area contributed by atoms with Gasteiger partial charge in [-0.1, -0.05) is 0 Å². The van der Waals surface area contributed by atoms with Crippen LogP contribution in [0.15, 0.2) is 18.2 Å². The number of alkyl halides is 2. The van der Waals surface area contributed by atoms with E-state index in [0.29, 0.717) is 6.07 Å². The molecule has 1 atom stereocenters. The molecule has 1 amide bonds. The molecule has 0 radical (unpaired) electrons. The summed E-state index contributed by atoms with van der Waals surface area (Å²) in [6.07, 6.45) is -5.02. The van der Waals surface area contributed by atoms with Gasteiger partial charge in [0.2, 0.25) is 0 Å². The van der Waals surface area contributed by atoms with Crippen LogP contribution in [0.1, 0.15) is 10.4 Å². The molecule has 1 aromatic rings. The maximum atomic E-state index is 12.7. The molecule has 0 aliphatic rings. The highest BCUT2D eigenvalue weighted by molar-refractivity contribution is 5.94. The van der Waals surface area contributed by atoms with Crippen LogP contribution in [0.3, 0.4) is 0 Å². The molecule has 0 aromatic heterocycles. The number of amides is 1. The molecule has 0 heterocycles. The van der Waals surface area contributed by atoms with Gasteiger partial charge in [-0.05, 0) is 12.1 Å². The predicted octanol–water partition coefficient (Wildman–Crippen LogP) is 1.32. The second kappa shape index (κ2) is 5.62. The molecule has 1 aromatic carbocycles. The molecule has 3 nitrogen and oxygen atoms in total. The van der Waals surface area contributed by atoms with E-state index in [-0.39, 0.29) is 5.56 Å². The highest BCUT2D eigenvalue weighted by Gasteiger charge is 2.18. The molecule has 0 aliphatic carbocycles. The number of halogens is 4. The number of hydrogen-bond donors (Lipinski definition) is 2. The van der Waals surface area contributed by atoms with Crippen molar-refractivity contribution in [2.75, 3.05) is 6.54 Å². The first-order valence-corrected chi connectivity index (χ1v) is 4.60. The Labute approximate surface area is 94.1 Å². The van der Waals surface area contributed by atoms with E-state index in [1.807, 2.05) is 5.32 Å². The van der Waals surface area contributed by atoms with Crippen molar-refractivity contribution in [2.24, 2.45) is 0 Å². The Bertz CT molecular complexity index is 391. The van der Waals surface area contributed by atoms with Crippen molar-refractivity contribution in [3.8, 4) is 0 Å². The number of carbonyl (C=O) groups is 1. The van der Waals surface area contributed by atoms with Crippen molar-refractivity contribution in [1.82, 2.24) is 5.32 Å². The van der Waals surface area contributed by atoms with Crippen molar-refractivity contribution in [2.45, 2.75) is 12.5 Å². The smallest absolute Gasteiger partial charge is 0.265 e. The minimum Gasteiger partial charge on any atom is -0.385 e. The number of hydrogen-bond acceptors (Lipinski definition) is 2. The van der Waals surface area contributed by atoms with Gasteiger partial charge in [-0.25, -0.2) is 17.6 Å². The van der Waals surface area contributed by atoms with Crippen LogP contribution in [-0.4, -0.2) is 30.1 Å². The van der Waals surface area contributed by atoms with E-state index >= 15 is 0 Å². The van der Waals surface area contributed by atoms with Crippen molar-refractivity contribution >= 4 is 5.91 Å². The minimum atomic E-state index is -3.00. The van der Waals surface area contributed by atoms with Crippen LogP contribution in [0.25, 0.3) is 0 Å². The maximum absolute atomic E-state index is 12.7. The zero-order chi connectivity index (χ0) is 13.0. The summed E-state index contributed by atoms with van der Waals surface area (Å²) in [7, 11) is 0. The van der Waals surface area contributed by atoms with E-state index in [1.54, 1.807) is 0 Å². The molecule has 17 heavy (non-hydrogen) atoms. The third-order valence-electron chi connectivity index (χ3n) is 1.89. The van der Waals surface area contributed by atoms with Gasteiger partial charge in [0.25, 0.3) is 12.3 Å².